The van der Waals surface area contributed by atoms with E-state index >= 15 is 0 Å². The first-order valence-electron chi connectivity index (χ1n) is 11.7. The number of hydrogen-bond acceptors (Lipinski definition) is 2. The van der Waals surface area contributed by atoms with E-state index in [9.17, 15) is 19.8 Å². The average Bonchev–Trinajstić information content (AvgIpc) is 2.97. The van der Waals surface area contributed by atoms with Crippen LogP contribution in [0, 0.1) is 46.3 Å². The molecule has 0 bridgehead atoms. The van der Waals surface area contributed by atoms with Gasteiger partial charge in [-0.2, -0.15) is 0 Å². The predicted molar refractivity (Wildman–Crippen MR) is 108 cm³/mol. The van der Waals surface area contributed by atoms with Crippen molar-refractivity contribution in [2.24, 2.45) is 46.3 Å². The van der Waals surface area contributed by atoms with E-state index in [0.717, 1.165) is 36.5 Å². The molecule has 0 amide bonds. The van der Waals surface area contributed by atoms with Gasteiger partial charge in [-0.1, -0.05) is 26.7 Å². The smallest absolute Gasteiger partial charge is 0.317 e. The summed E-state index contributed by atoms with van der Waals surface area (Å²) >= 11 is 0. The first kappa shape index (κ1) is 20.2. The second-order valence-corrected chi connectivity index (χ2v) is 11.0. The Morgan fingerprint density at radius 1 is 0.857 bits per heavy atom. The lowest BCUT2D eigenvalue weighted by atomic mass is 9.45. The number of carbonyl (C=O) groups is 2. The molecule has 158 valence electrons. The van der Waals surface area contributed by atoms with Crippen LogP contribution in [0.2, 0.25) is 0 Å². The molecule has 5 unspecified atom stereocenters. The molecule has 0 aromatic rings. The van der Waals surface area contributed by atoms with Gasteiger partial charge in [-0.25, -0.2) is 0 Å². The zero-order chi connectivity index (χ0) is 20.1. The fourth-order valence-corrected chi connectivity index (χ4v) is 8.60. The Bertz CT molecular complexity index is 616. The van der Waals surface area contributed by atoms with Gasteiger partial charge in [-0.05, 0) is 105 Å². The highest BCUT2D eigenvalue weighted by Gasteiger charge is 2.59. The van der Waals surface area contributed by atoms with Gasteiger partial charge in [0.05, 0.1) is 0 Å². The van der Waals surface area contributed by atoms with Crippen molar-refractivity contribution in [3.8, 4) is 0 Å². The van der Waals surface area contributed by atoms with Gasteiger partial charge < -0.3 is 10.2 Å². The van der Waals surface area contributed by atoms with Crippen LogP contribution in [0.25, 0.3) is 0 Å². The monoisotopic (exact) mass is 390 g/mol. The molecule has 4 heteroatoms. The fourth-order valence-electron chi connectivity index (χ4n) is 8.60. The van der Waals surface area contributed by atoms with Gasteiger partial charge in [0.2, 0.25) is 0 Å². The van der Waals surface area contributed by atoms with Crippen molar-refractivity contribution in [1.82, 2.24) is 0 Å². The standard InChI is InChI=1S/C24H38O4/c1-23-13-4-3-5-15(23)6-9-17-19-11-8-16(24(19,2)14-12-20(17)23)7-10-18(21(25)26)22(27)28/h15-20H,3-14H2,1-2H3,(H,25,26)(H,27,28)/t15-,16?,17?,19?,20?,23-,24?/m0/s1. The summed E-state index contributed by atoms with van der Waals surface area (Å²) in [6, 6.07) is 0. The molecule has 7 atom stereocenters. The molecule has 2 N–H and O–H groups in total. The van der Waals surface area contributed by atoms with E-state index in [0.29, 0.717) is 16.7 Å². The van der Waals surface area contributed by atoms with E-state index in [1.165, 1.54) is 57.8 Å². The number of aliphatic carboxylic acids is 2. The van der Waals surface area contributed by atoms with Gasteiger partial charge >= 0.3 is 11.9 Å². The van der Waals surface area contributed by atoms with Crippen LogP contribution in [-0.4, -0.2) is 22.2 Å². The third kappa shape index (κ3) is 3.10. The highest BCUT2D eigenvalue weighted by atomic mass is 16.4. The zero-order valence-electron chi connectivity index (χ0n) is 17.7. The Morgan fingerprint density at radius 2 is 1.57 bits per heavy atom. The summed E-state index contributed by atoms with van der Waals surface area (Å²) in [5.74, 6) is 0.332. The van der Waals surface area contributed by atoms with E-state index in [4.69, 9.17) is 0 Å². The van der Waals surface area contributed by atoms with E-state index in [2.05, 4.69) is 13.8 Å². The van der Waals surface area contributed by atoms with Crippen LogP contribution < -0.4 is 0 Å². The molecule has 0 aliphatic heterocycles. The molecule has 28 heavy (non-hydrogen) atoms. The van der Waals surface area contributed by atoms with Crippen LogP contribution in [-0.2, 0) is 9.59 Å². The molecule has 4 rings (SSSR count). The van der Waals surface area contributed by atoms with Crippen LogP contribution in [0.1, 0.15) is 90.9 Å². The number of fused-ring (bicyclic) bond motifs is 5. The molecule has 4 aliphatic rings. The van der Waals surface area contributed by atoms with E-state index < -0.39 is 17.9 Å². The summed E-state index contributed by atoms with van der Waals surface area (Å²) < 4.78 is 0. The molecule has 0 aromatic heterocycles. The molecular formula is C24H38O4. The van der Waals surface area contributed by atoms with Gasteiger partial charge in [0, 0.05) is 0 Å². The van der Waals surface area contributed by atoms with E-state index in [1.54, 1.807) is 0 Å². The zero-order valence-corrected chi connectivity index (χ0v) is 17.7. The Hall–Kier alpha value is -1.06. The largest absolute Gasteiger partial charge is 0.481 e. The molecule has 4 nitrogen and oxygen atoms in total. The third-order valence-electron chi connectivity index (χ3n) is 10.2. The van der Waals surface area contributed by atoms with E-state index in [-0.39, 0.29) is 6.42 Å². The average molecular weight is 391 g/mol. The summed E-state index contributed by atoms with van der Waals surface area (Å²) in [5.41, 5.74) is 0.846. The second-order valence-electron chi connectivity index (χ2n) is 11.0. The lowest BCUT2D eigenvalue weighted by Gasteiger charge is -2.60. The van der Waals surface area contributed by atoms with Crippen molar-refractivity contribution in [2.75, 3.05) is 0 Å². The van der Waals surface area contributed by atoms with Crippen LogP contribution in [0.4, 0.5) is 0 Å². The predicted octanol–water partition coefficient (Wildman–Crippen LogP) is 5.60. The van der Waals surface area contributed by atoms with Crippen molar-refractivity contribution in [2.45, 2.75) is 90.9 Å². The van der Waals surface area contributed by atoms with Gasteiger partial charge in [-0.15, -0.1) is 0 Å². The molecule has 0 aromatic carbocycles. The topological polar surface area (TPSA) is 74.6 Å². The summed E-state index contributed by atoms with van der Waals surface area (Å²) in [5, 5.41) is 18.5. The summed E-state index contributed by atoms with van der Waals surface area (Å²) in [6.07, 6.45) is 14.6. The van der Waals surface area contributed by atoms with Crippen LogP contribution in [0.5, 0.6) is 0 Å². The minimum absolute atomic E-state index is 0.283. The first-order chi connectivity index (χ1) is 13.3. The Kier molecular flexibility index (Phi) is 5.29. The number of hydrogen-bond donors (Lipinski definition) is 2. The molecule has 0 heterocycles. The SMILES string of the molecule is CC12CCC3C(CC[C@@H]4CCCC[C@]34C)C1CCC2CCC(C(=O)O)C(=O)O. The number of rotatable bonds is 5. The van der Waals surface area contributed by atoms with Gasteiger partial charge in [0.1, 0.15) is 0 Å². The quantitative estimate of drug-likeness (QED) is 0.599. The van der Waals surface area contributed by atoms with Gasteiger partial charge in [0.15, 0.2) is 5.92 Å². The maximum atomic E-state index is 11.3. The Labute approximate surface area is 169 Å². The number of carboxylic acids is 2. The molecule has 4 saturated carbocycles. The highest BCUT2D eigenvalue weighted by molar-refractivity contribution is 5.92. The molecule has 4 fully saturated rings. The van der Waals surface area contributed by atoms with Gasteiger partial charge in [-0.3, -0.25) is 9.59 Å². The number of carboxylic acid groups (broad SMARTS) is 2. The lowest BCUT2D eigenvalue weighted by Crippen LogP contribution is -2.52. The Morgan fingerprint density at radius 3 is 2.29 bits per heavy atom. The second kappa shape index (κ2) is 7.32. The normalized spacial score (nSPS) is 45.2. The molecular weight excluding hydrogens is 352 g/mol. The Balaban J connectivity index is 1.48. The first-order valence-corrected chi connectivity index (χ1v) is 11.7. The van der Waals surface area contributed by atoms with Gasteiger partial charge in [0.25, 0.3) is 0 Å². The molecule has 4 aliphatic carbocycles. The molecule has 0 spiro atoms. The van der Waals surface area contributed by atoms with Crippen molar-refractivity contribution in [3.63, 3.8) is 0 Å². The molecule has 0 saturated heterocycles. The minimum atomic E-state index is -1.24. The van der Waals surface area contributed by atoms with Crippen LogP contribution in [0.15, 0.2) is 0 Å². The maximum absolute atomic E-state index is 11.3. The van der Waals surface area contributed by atoms with Crippen LogP contribution in [0.3, 0.4) is 0 Å². The minimum Gasteiger partial charge on any atom is -0.481 e. The highest BCUT2D eigenvalue weighted by Crippen LogP contribution is 2.67. The fraction of sp³-hybridized carbons (Fsp3) is 0.917. The summed E-state index contributed by atoms with van der Waals surface area (Å²) in [4.78, 5) is 22.6. The van der Waals surface area contributed by atoms with Crippen molar-refractivity contribution in [3.05, 3.63) is 0 Å². The third-order valence-corrected chi connectivity index (χ3v) is 10.2. The van der Waals surface area contributed by atoms with Crippen molar-refractivity contribution in [1.29, 1.82) is 0 Å². The summed E-state index contributed by atoms with van der Waals surface area (Å²) in [7, 11) is 0. The maximum Gasteiger partial charge on any atom is 0.317 e. The van der Waals surface area contributed by atoms with Crippen LogP contribution >= 0.6 is 0 Å². The van der Waals surface area contributed by atoms with E-state index in [1.807, 2.05) is 0 Å². The van der Waals surface area contributed by atoms with Crippen molar-refractivity contribution < 1.29 is 19.8 Å². The summed E-state index contributed by atoms with van der Waals surface area (Å²) in [6.45, 7) is 5.06. The van der Waals surface area contributed by atoms with Crippen molar-refractivity contribution >= 4 is 11.9 Å². The molecule has 0 radical (unpaired) electrons. The lowest BCUT2D eigenvalue weighted by molar-refractivity contribution is -0.155.